The van der Waals surface area contributed by atoms with E-state index in [0.717, 1.165) is 0 Å². The maximum Gasteiger partial charge on any atom is 0.338 e. The van der Waals surface area contributed by atoms with Crippen LogP contribution in [0.25, 0.3) is 0 Å². The predicted octanol–water partition coefficient (Wildman–Crippen LogP) is 3.10. The molecule has 15 heteroatoms. The number of nitrogens with zero attached hydrogens (tertiary/aromatic N) is 3. The molecular weight excluding hydrogens is 456 g/mol. The number of oxime groups is 1. The van der Waals surface area contributed by atoms with E-state index < -0.39 is 73.7 Å². The molecule has 0 aliphatic rings. The van der Waals surface area contributed by atoms with Crippen molar-refractivity contribution in [3.05, 3.63) is 70.3 Å². The molecule has 1 atom stereocenters. The van der Waals surface area contributed by atoms with Crippen molar-refractivity contribution in [2.75, 3.05) is 0 Å². The summed E-state index contributed by atoms with van der Waals surface area (Å²) < 4.78 is 83.0. The number of amidine groups is 1. The van der Waals surface area contributed by atoms with E-state index in [-0.39, 0.29) is 6.07 Å². The number of hydrogen-bond acceptors (Lipinski definition) is 5. The Labute approximate surface area is 172 Å². The molecule has 1 unspecified atom stereocenters. The van der Waals surface area contributed by atoms with Crippen LogP contribution in [-0.2, 0) is 10.2 Å². The lowest BCUT2D eigenvalue weighted by atomic mass is 9.71. The van der Waals surface area contributed by atoms with Gasteiger partial charge in [0.1, 0.15) is 0 Å². The molecule has 9 nitrogen and oxygen atoms in total. The van der Waals surface area contributed by atoms with Crippen LogP contribution in [0.5, 0.6) is 0 Å². The zero-order valence-electron chi connectivity index (χ0n) is 15.1. The van der Waals surface area contributed by atoms with Crippen molar-refractivity contribution in [3.8, 4) is 0 Å². The summed E-state index contributed by atoms with van der Waals surface area (Å²) in [5, 5.41) is 24.6. The fourth-order valence-electron chi connectivity index (χ4n) is 2.97. The first kappa shape index (κ1) is 24.0. The van der Waals surface area contributed by atoms with Crippen LogP contribution in [-0.4, -0.2) is 49.8 Å². The topological polar surface area (TPSA) is 131 Å². The molecule has 2 rings (SSSR count). The van der Waals surface area contributed by atoms with Crippen molar-refractivity contribution in [2.45, 2.75) is 5.41 Å². The Hall–Kier alpha value is -4.30. The van der Waals surface area contributed by atoms with Crippen LogP contribution in [0.2, 0.25) is 0 Å². The second-order valence-electron chi connectivity index (χ2n) is 5.92. The first-order chi connectivity index (χ1) is 14.9. The standard InChI is InChI=1S/C17H9F6N3O6/c18-11-9(14(29)30)5-6-10(12(11)19)17(16(31)26(22)23,15(24-32)25(20)21)8-3-1-7(2-4-8)13(27)28/h1-6,32H,(H,27,28)(H,29,30). The van der Waals surface area contributed by atoms with E-state index >= 15 is 0 Å². The van der Waals surface area contributed by atoms with Gasteiger partial charge in [-0.1, -0.05) is 41.3 Å². The van der Waals surface area contributed by atoms with E-state index in [9.17, 15) is 41.1 Å². The van der Waals surface area contributed by atoms with E-state index in [1.807, 2.05) is 0 Å². The predicted molar refractivity (Wildman–Crippen MR) is 89.8 cm³/mol. The van der Waals surface area contributed by atoms with Crippen molar-refractivity contribution in [3.63, 3.8) is 0 Å². The Morgan fingerprint density at radius 2 is 1.38 bits per heavy atom. The minimum atomic E-state index is -3.79. The summed E-state index contributed by atoms with van der Waals surface area (Å²) >= 11 is 0. The molecule has 0 aliphatic heterocycles. The summed E-state index contributed by atoms with van der Waals surface area (Å²) in [5.41, 5.74) is -8.21. The first-order valence-electron chi connectivity index (χ1n) is 7.97. The van der Waals surface area contributed by atoms with E-state index in [0.29, 0.717) is 30.3 Å². The van der Waals surface area contributed by atoms with Crippen molar-refractivity contribution >= 4 is 23.7 Å². The van der Waals surface area contributed by atoms with Gasteiger partial charge in [0.15, 0.2) is 17.0 Å². The van der Waals surface area contributed by atoms with Gasteiger partial charge in [0.05, 0.1) is 11.1 Å². The van der Waals surface area contributed by atoms with E-state index in [1.54, 1.807) is 0 Å². The molecule has 0 saturated heterocycles. The highest BCUT2D eigenvalue weighted by atomic mass is 19.4. The Kier molecular flexibility index (Phi) is 6.61. The smallest absolute Gasteiger partial charge is 0.338 e. The minimum Gasteiger partial charge on any atom is -0.478 e. The van der Waals surface area contributed by atoms with Crippen LogP contribution in [0.3, 0.4) is 0 Å². The Morgan fingerprint density at radius 1 is 0.812 bits per heavy atom. The average molecular weight is 465 g/mol. The molecule has 0 heterocycles. The highest BCUT2D eigenvalue weighted by Crippen LogP contribution is 2.40. The molecule has 32 heavy (non-hydrogen) atoms. The van der Waals surface area contributed by atoms with Crippen LogP contribution in [0.15, 0.2) is 41.6 Å². The minimum absolute atomic E-state index is 0.253. The van der Waals surface area contributed by atoms with Crippen LogP contribution in [0, 0.1) is 11.6 Å². The molecule has 0 fully saturated rings. The van der Waals surface area contributed by atoms with Gasteiger partial charge in [-0.15, -0.1) is 0 Å². The third-order valence-corrected chi connectivity index (χ3v) is 4.35. The van der Waals surface area contributed by atoms with Crippen molar-refractivity contribution in [2.24, 2.45) is 5.16 Å². The Bertz CT molecular complexity index is 1110. The number of carbonyl (C=O) groups excluding carboxylic acids is 1. The van der Waals surface area contributed by atoms with Crippen molar-refractivity contribution in [1.29, 1.82) is 0 Å². The fraction of sp³-hybridized carbons (Fsp3) is 0.0588. The Balaban J connectivity index is 3.09. The van der Waals surface area contributed by atoms with Gasteiger partial charge in [-0.25, -0.2) is 18.4 Å². The van der Waals surface area contributed by atoms with Crippen molar-refractivity contribution < 1.29 is 56.5 Å². The molecule has 2 aromatic carbocycles. The SMILES string of the molecule is O=C(O)c1ccc(C(C(=O)N(F)F)(C(=NO)N(F)F)c2ccc(C(=O)O)c(F)c2F)cc1. The number of halogens is 6. The van der Waals surface area contributed by atoms with E-state index in [2.05, 4.69) is 5.16 Å². The van der Waals surface area contributed by atoms with Crippen molar-refractivity contribution in [1.82, 2.24) is 10.7 Å². The number of rotatable bonds is 6. The molecule has 3 N–H and O–H groups in total. The molecule has 0 radical (unpaired) electrons. The molecule has 0 bridgehead atoms. The summed E-state index contributed by atoms with van der Waals surface area (Å²) in [6.07, 6.45) is 0. The summed E-state index contributed by atoms with van der Waals surface area (Å²) in [5.74, 6) is -13.0. The monoisotopic (exact) mass is 465 g/mol. The van der Waals surface area contributed by atoms with Crippen LogP contribution in [0.4, 0.5) is 26.7 Å². The summed E-state index contributed by atoms with van der Waals surface area (Å²) in [6.45, 7) is 0. The lowest BCUT2D eigenvalue weighted by Gasteiger charge is -2.33. The van der Waals surface area contributed by atoms with E-state index in [1.165, 1.54) is 0 Å². The normalized spacial score (nSPS) is 13.2. The maximum atomic E-state index is 14.8. The molecule has 0 spiro atoms. The van der Waals surface area contributed by atoms with Crippen LogP contribution < -0.4 is 0 Å². The first-order valence-corrected chi connectivity index (χ1v) is 7.97. The third-order valence-electron chi connectivity index (χ3n) is 4.35. The number of benzene rings is 2. The van der Waals surface area contributed by atoms with Gasteiger partial charge in [-0.05, 0) is 34.5 Å². The zero-order chi connectivity index (χ0) is 24.4. The number of carbonyl (C=O) groups is 3. The molecule has 2 aromatic rings. The highest BCUT2D eigenvalue weighted by Gasteiger charge is 2.56. The quantitative estimate of drug-likeness (QED) is 0.149. The average Bonchev–Trinajstić information content (AvgIpc) is 2.73. The lowest BCUT2D eigenvalue weighted by molar-refractivity contribution is -0.191. The zero-order valence-corrected chi connectivity index (χ0v) is 15.1. The second kappa shape index (κ2) is 8.83. The second-order valence-corrected chi connectivity index (χ2v) is 5.92. The molecule has 0 saturated carbocycles. The molecule has 0 aliphatic carbocycles. The molecule has 1 amide bonds. The largest absolute Gasteiger partial charge is 0.478 e. The van der Waals surface area contributed by atoms with Gasteiger partial charge in [0, 0.05) is 5.56 Å². The maximum absolute atomic E-state index is 14.8. The third kappa shape index (κ3) is 3.75. The summed E-state index contributed by atoms with van der Waals surface area (Å²) in [7, 11) is 0. The lowest BCUT2D eigenvalue weighted by Crippen LogP contribution is -2.52. The van der Waals surface area contributed by atoms with Gasteiger partial charge < -0.3 is 15.4 Å². The number of aromatic carboxylic acids is 2. The van der Waals surface area contributed by atoms with Gasteiger partial charge in [-0.2, -0.15) is 0 Å². The van der Waals surface area contributed by atoms with Crippen LogP contribution >= 0.6 is 0 Å². The van der Waals surface area contributed by atoms with E-state index in [4.69, 9.17) is 15.4 Å². The Morgan fingerprint density at radius 3 is 1.78 bits per heavy atom. The number of hydrogen-bond donors (Lipinski definition) is 3. The van der Waals surface area contributed by atoms with Gasteiger partial charge >= 0.3 is 17.8 Å². The summed E-state index contributed by atoms with van der Waals surface area (Å²) in [6, 6.07) is 2.97. The summed E-state index contributed by atoms with van der Waals surface area (Å²) in [4.78, 5) is 34.5. The number of carboxylic acids is 2. The number of amides is 1. The molecular formula is C17H9F6N3O6. The van der Waals surface area contributed by atoms with Gasteiger partial charge in [-0.3, -0.25) is 4.79 Å². The fourth-order valence-corrected chi connectivity index (χ4v) is 2.97. The van der Waals surface area contributed by atoms with Gasteiger partial charge in [0.25, 0.3) is 0 Å². The van der Waals surface area contributed by atoms with Gasteiger partial charge in [0.2, 0.25) is 5.84 Å². The van der Waals surface area contributed by atoms with Crippen LogP contribution in [0.1, 0.15) is 31.8 Å². The number of carboxylic acid groups (broad SMARTS) is 2. The molecule has 0 aromatic heterocycles. The highest BCUT2D eigenvalue weighted by molar-refractivity contribution is 6.15. The molecule has 170 valence electrons.